The van der Waals surface area contributed by atoms with Crippen LogP contribution in [0.1, 0.15) is 54.7 Å². The lowest BCUT2D eigenvalue weighted by Crippen LogP contribution is -2.20. The Morgan fingerprint density at radius 3 is 3.00 bits per heavy atom. The number of nitrogens with zero attached hydrogens (tertiary/aromatic N) is 1. The van der Waals surface area contributed by atoms with E-state index < -0.39 is 0 Å². The Balaban J connectivity index is 1.66. The van der Waals surface area contributed by atoms with Gasteiger partial charge in [-0.25, -0.2) is 0 Å². The van der Waals surface area contributed by atoms with E-state index in [2.05, 4.69) is 32.2 Å². The fourth-order valence-electron chi connectivity index (χ4n) is 3.23. The van der Waals surface area contributed by atoms with Gasteiger partial charge >= 0.3 is 0 Å². The lowest BCUT2D eigenvalue weighted by atomic mass is 9.89. The number of ether oxygens (including phenoxy) is 1. The second-order valence-corrected chi connectivity index (χ2v) is 8.34. The number of anilines is 1. The summed E-state index contributed by atoms with van der Waals surface area (Å²) in [4.78, 5) is 13.5. The van der Waals surface area contributed by atoms with Gasteiger partial charge in [0.15, 0.2) is 6.61 Å². The zero-order valence-electron chi connectivity index (χ0n) is 15.5. The summed E-state index contributed by atoms with van der Waals surface area (Å²) in [6.07, 6.45) is 3.01. The van der Waals surface area contributed by atoms with Crippen molar-refractivity contribution in [2.24, 2.45) is 5.92 Å². The summed E-state index contributed by atoms with van der Waals surface area (Å²) < 4.78 is 5.63. The monoisotopic (exact) mass is 368 g/mol. The Hall–Kier alpha value is -2.32. The molecule has 0 spiro atoms. The quantitative estimate of drug-likeness (QED) is 0.818. The molecule has 26 heavy (non-hydrogen) atoms. The molecule has 1 aliphatic rings. The number of rotatable bonds is 5. The fraction of sp³-hybridized carbons (Fsp3) is 0.429. The second kappa shape index (κ2) is 7.92. The van der Waals surface area contributed by atoms with Crippen LogP contribution in [0.2, 0.25) is 0 Å². The number of hydrogen-bond donors (Lipinski definition) is 1. The summed E-state index contributed by atoms with van der Waals surface area (Å²) in [5, 5.41) is 13.0. The van der Waals surface area contributed by atoms with Crippen molar-refractivity contribution in [3.05, 3.63) is 45.8 Å². The van der Waals surface area contributed by atoms with Crippen molar-refractivity contribution in [3.63, 3.8) is 0 Å². The molecule has 0 saturated carbocycles. The van der Waals surface area contributed by atoms with Crippen molar-refractivity contribution < 1.29 is 9.53 Å². The number of carbonyl (C=O) groups excluding carboxylic acids is 1. The number of thiophene rings is 1. The first-order chi connectivity index (χ1) is 12.5. The van der Waals surface area contributed by atoms with Crippen LogP contribution < -0.4 is 10.1 Å². The van der Waals surface area contributed by atoms with Gasteiger partial charge in [0.25, 0.3) is 5.91 Å². The zero-order chi connectivity index (χ0) is 18.7. The molecule has 0 fully saturated rings. The van der Waals surface area contributed by atoms with E-state index >= 15 is 0 Å². The first-order valence-electron chi connectivity index (χ1n) is 9.05. The average Bonchev–Trinajstić information content (AvgIpc) is 2.96. The predicted molar refractivity (Wildman–Crippen MR) is 105 cm³/mol. The molecule has 4 nitrogen and oxygen atoms in total. The standard InChI is InChI=1S/C21H24N2O2S/c1-13(2)15-5-4-6-16(10-15)25-12-20(24)23-21-18(11-22)17-8-7-14(3)9-19(17)26-21/h4-6,10,13-14H,7-9,12H2,1-3H3,(H,23,24). The summed E-state index contributed by atoms with van der Waals surface area (Å²) in [6, 6.07) is 10.1. The van der Waals surface area contributed by atoms with Crippen molar-refractivity contribution in [2.75, 3.05) is 11.9 Å². The third kappa shape index (κ3) is 4.08. The van der Waals surface area contributed by atoms with Gasteiger partial charge in [0, 0.05) is 4.88 Å². The van der Waals surface area contributed by atoms with Gasteiger partial charge in [-0.1, -0.05) is 32.9 Å². The highest BCUT2D eigenvalue weighted by atomic mass is 32.1. The van der Waals surface area contributed by atoms with E-state index in [1.165, 1.54) is 21.8 Å². The molecule has 1 aliphatic carbocycles. The van der Waals surface area contributed by atoms with Crippen LogP contribution in [0.4, 0.5) is 5.00 Å². The van der Waals surface area contributed by atoms with Crippen molar-refractivity contribution >= 4 is 22.2 Å². The summed E-state index contributed by atoms with van der Waals surface area (Å²) in [5.41, 5.74) is 2.93. The highest BCUT2D eigenvalue weighted by Crippen LogP contribution is 2.39. The lowest BCUT2D eigenvalue weighted by Gasteiger charge is -2.17. The minimum atomic E-state index is -0.233. The van der Waals surface area contributed by atoms with Gasteiger partial charge in [0.2, 0.25) is 0 Å². The first kappa shape index (κ1) is 18.5. The van der Waals surface area contributed by atoms with Crippen LogP contribution in [0, 0.1) is 17.2 Å². The van der Waals surface area contributed by atoms with E-state index in [4.69, 9.17) is 4.74 Å². The molecular formula is C21H24N2O2S. The van der Waals surface area contributed by atoms with Crippen molar-refractivity contribution in [1.29, 1.82) is 5.26 Å². The zero-order valence-corrected chi connectivity index (χ0v) is 16.3. The molecule has 0 saturated heterocycles. The Morgan fingerprint density at radius 2 is 2.27 bits per heavy atom. The molecule has 0 radical (unpaired) electrons. The molecule has 5 heteroatoms. The largest absolute Gasteiger partial charge is 0.484 e. The topological polar surface area (TPSA) is 62.1 Å². The van der Waals surface area contributed by atoms with Crippen LogP contribution in [0.3, 0.4) is 0 Å². The minimum absolute atomic E-state index is 0.0641. The van der Waals surface area contributed by atoms with E-state index in [0.717, 1.165) is 24.8 Å². The molecule has 3 rings (SSSR count). The summed E-state index contributed by atoms with van der Waals surface area (Å²) in [5.74, 6) is 1.49. The number of nitrogens with one attached hydrogen (secondary N) is 1. The van der Waals surface area contributed by atoms with Crippen LogP contribution in [-0.2, 0) is 17.6 Å². The van der Waals surface area contributed by atoms with Gasteiger partial charge in [-0.3, -0.25) is 4.79 Å². The van der Waals surface area contributed by atoms with Gasteiger partial charge in [-0.15, -0.1) is 11.3 Å². The maximum Gasteiger partial charge on any atom is 0.262 e. The Morgan fingerprint density at radius 1 is 1.46 bits per heavy atom. The number of amides is 1. The van der Waals surface area contributed by atoms with Gasteiger partial charge in [-0.2, -0.15) is 5.26 Å². The van der Waals surface area contributed by atoms with Gasteiger partial charge in [0.1, 0.15) is 16.8 Å². The normalized spacial score (nSPS) is 16.0. The van der Waals surface area contributed by atoms with E-state index in [-0.39, 0.29) is 12.5 Å². The van der Waals surface area contributed by atoms with Crippen molar-refractivity contribution in [3.8, 4) is 11.8 Å². The molecule has 1 aromatic heterocycles. The average molecular weight is 369 g/mol. The summed E-state index contributed by atoms with van der Waals surface area (Å²) in [7, 11) is 0. The molecule has 1 aromatic carbocycles. The first-order valence-corrected chi connectivity index (χ1v) is 9.86. The van der Waals surface area contributed by atoms with Crippen LogP contribution in [-0.4, -0.2) is 12.5 Å². The highest BCUT2D eigenvalue weighted by Gasteiger charge is 2.24. The predicted octanol–water partition coefficient (Wildman–Crippen LogP) is 4.89. The van der Waals surface area contributed by atoms with E-state index in [1.54, 1.807) is 0 Å². The Bertz CT molecular complexity index is 848. The Labute approximate surface area is 158 Å². The van der Waals surface area contributed by atoms with Crippen molar-refractivity contribution in [2.45, 2.75) is 46.0 Å². The van der Waals surface area contributed by atoms with Crippen LogP contribution in [0.25, 0.3) is 0 Å². The number of carbonyl (C=O) groups is 1. The summed E-state index contributed by atoms with van der Waals surface area (Å²) >= 11 is 1.54. The fourth-order valence-corrected chi connectivity index (χ4v) is 4.61. The molecule has 2 aromatic rings. The highest BCUT2D eigenvalue weighted by molar-refractivity contribution is 7.16. The van der Waals surface area contributed by atoms with Gasteiger partial charge in [-0.05, 0) is 54.4 Å². The third-order valence-corrected chi connectivity index (χ3v) is 5.94. The molecule has 1 N–H and O–H groups in total. The maximum absolute atomic E-state index is 12.3. The second-order valence-electron chi connectivity index (χ2n) is 7.23. The molecule has 1 heterocycles. The van der Waals surface area contributed by atoms with Gasteiger partial charge < -0.3 is 10.1 Å². The molecule has 136 valence electrons. The van der Waals surface area contributed by atoms with Crippen LogP contribution in [0.15, 0.2) is 24.3 Å². The van der Waals surface area contributed by atoms with Crippen molar-refractivity contribution in [1.82, 2.24) is 0 Å². The molecule has 1 unspecified atom stereocenters. The van der Waals surface area contributed by atoms with E-state index in [1.807, 2.05) is 24.3 Å². The number of fused-ring (bicyclic) bond motifs is 1. The molecule has 1 amide bonds. The number of hydrogen-bond acceptors (Lipinski definition) is 4. The summed E-state index contributed by atoms with van der Waals surface area (Å²) in [6.45, 7) is 6.40. The van der Waals surface area contributed by atoms with Crippen LogP contribution >= 0.6 is 11.3 Å². The van der Waals surface area contributed by atoms with Gasteiger partial charge in [0.05, 0.1) is 5.56 Å². The smallest absolute Gasteiger partial charge is 0.262 e. The molecule has 0 aliphatic heterocycles. The van der Waals surface area contributed by atoms with E-state index in [0.29, 0.717) is 28.1 Å². The molecular weight excluding hydrogens is 344 g/mol. The lowest BCUT2D eigenvalue weighted by molar-refractivity contribution is -0.118. The third-order valence-electron chi connectivity index (χ3n) is 4.77. The van der Waals surface area contributed by atoms with E-state index in [9.17, 15) is 10.1 Å². The minimum Gasteiger partial charge on any atom is -0.484 e. The molecule has 0 bridgehead atoms. The number of nitriles is 1. The molecule has 1 atom stereocenters. The maximum atomic E-state index is 12.3. The number of benzene rings is 1. The van der Waals surface area contributed by atoms with Crippen LogP contribution in [0.5, 0.6) is 5.75 Å². The SMILES string of the molecule is CC1CCc2c(sc(NC(=O)COc3cccc(C(C)C)c3)c2C#N)C1. The Kier molecular flexibility index (Phi) is 5.63.